The van der Waals surface area contributed by atoms with E-state index < -0.39 is 5.60 Å². The van der Waals surface area contributed by atoms with Gasteiger partial charge in [-0.25, -0.2) is 0 Å². The van der Waals surface area contributed by atoms with Gasteiger partial charge in [0.2, 0.25) is 11.7 Å². The van der Waals surface area contributed by atoms with E-state index in [0.717, 1.165) is 35.6 Å². The van der Waals surface area contributed by atoms with Gasteiger partial charge in [-0.05, 0) is 56.9 Å². The Hall–Kier alpha value is -2.54. The van der Waals surface area contributed by atoms with Crippen LogP contribution in [0, 0.1) is 6.92 Å². The fourth-order valence-electron chi connectivity index (χ4n) is 3.37. The molecule has 0 bridgehead atoms. The number of rotatable bonds is 5. The van der Waals surface area contributed by atoms with Crippen LogP contribution in [0.1, 0.15) is 49.9 Å². The van der Waals surface area contributed by atoms with Crippen LogP contribution in [-0.4, -0.2) is 23.4 Å². The maximum Gasteiger partial charge on any atom is 0.223 e. The van der Waals surface area contributed by atoms with E-state index >= 15 is 0 Å². The van der Waals surface area contributed by atoms with Crippen molar-refractivity contribution in [3.8, 4) is 11.5 Å². The number of aromatic nitrogens is 2. The van der Waals surface area contributed by atoms with E-state index in [9.17, 15) is 0 Å². The molecule has 0 saturated heterocycles. The standard InChI is InChI=1S/C19H23N3O4/c1-12-20-18(22-25-12)19(2)11-15(21-26-19)13-8-9-16(23-3)17(10-13)24-14-6-4-5-7-14/h8-11,14,21H,4-7H2,1-3H3. The van der Waals surface area contributed by atoms with E-state index in [1.807, 2.05) is 31.2 Å². The molecule has 1 aliphatic carbocycles. The maximum atomic E-state index is 6.18. The molecule has 2 aliphatic rings. The van der Waals surface area contributed by atoms with Gasteiger partial charge in [0.15, 0.2) is 17.1 Å². The second-order valence-corrected chi connectivity index (χ2v) is 6.90. The Kier molecular flexibility index (Phi) is 4.32. The zero-order valence-electron chi connectivity index (χ0n) is 15.2. The van der Waals surface area contributed by atoms with E-state index in [1.165, 1.54) is 12.8 Å². The molecular formula is C19H23N3O4. The highest BCUT2D eigenvalue weighted by Gasteiger charge is 2.37. The zero-order chi connectivity index (χ0) is 18.1. The van der Waals surface area contributed by atoms with Gasteiger partial charge in [0.1, 0.15) is 0 Å². The molecule has 2 heterocycles. The Balaban J connectivity index is 1.62. The summed E-state index contributed by atoms with van der Waals surface area (Å²) >= 11 is 0. The highest BCUT2D eigenvalue weighted by Crippen LogP contribution is 2.37. The van der Waals surface area contributed by atoms with Crippen molar-refractivity contribution < 1.29 is 18.8 Å². The van der Waals surface area contributed by atoms with Crippen LogP contribution in [-0.2, 0) is 10.4 Å². The van der Waals surface area contributed by atoms with Gasteiger partial charge in [-0.15, -0.1) is 0 Å². The summed E-state index contributed by atoms with van der Waals surface area (Å²) in [6, 6.07) is 5.86. The molecule has 26 heavy (non-hydrogen) atoms. The molecular weight excluding hydrogens is 334 g/mol. The van der Waals surface area contributed by atoms with E-state index in [1.54, 1.807) is 14.0 Å². The summed E-state index contributed by atoms with van der Waals surface area (Å²) in [6.07, 6.45) is 6.82. The summed E-state index contributed by atoms with van der Waals surface area (Å²) in [4.78, 5) is 10.0. The average Bonchev–Trinajstić information content (AvgIpc) is 3.37. The van der Waals surface area contributed by atoms with Crippen molar-refractivity contribution in [3.05, 3.63) is 41.6 Å². The molecule has 1 fully saturated rings. The molecule has 1 saturated carbocycles. The van der Waals surface area contributed by atoms with Crippen LogP contribution in [0.3, 0.4) is 0 Å². The number of benzene rings is 1. The van der Waals surface area contributed by atoms with Crippen molar-refractivity contribution in [3.63, 3.8) is 0 Å². The van der Waals surface area contributed by atoms with Crippen LogP contribution in [0.2, 0.25) is 0 Å². The van der Waals surface area contributed by atoms with Crippen LogP contribution in [0.25, 0.3) is 5.70 Å². The molecule has 1 aromatic carbocycles. The Bertz CT molecular complexity index is 826. The van der Waals surface area contributed by atoms with Crippen molar-refractivity contribution >= 4 is 5.70 Å². The van der Waals surface area contributed by atoms with Gasteiger partial charge in [0.05, 0.1) is 18.9 Å². The van der Waals surface area contributed by atoms with E-state index in [0.29, 0.717) is 11.7 Å². The van der Waals surface area contributed by atoms with Gasteiger partial charge < -0.3 is 14.0 Å². The van der Waals surface area contributed by atoms with E-state index in [4.69, 9.17) is 18.8 Å². The number of hydrogen-bond donors (Lipinski definition) is 1. The molecule has 1 N–H and O–H groups in total. The number of hydrogen-bond acceptors (Lipinski definition) is 7. The minimum absolute atomic E-state index is 0.258. The van der Waals surface area contributed by atoms with Gasteiger partial charge in [-0.3, -0.25) is 10.3 Å². The molecule has 4 rings (SSSR count). The number of aryl methyl sites for hydroxylation is 1. The lowest BCUT2D eigenvalue weighted by Crippen LogP contribution is -2.24. The summed E-state index contributed by atoms with van der Waals surface area (Å²) in [7, 11) is 1.66. The largest absolute Gasteiger partial charge is 0.493 e. The summed E-state index contributed by atoms with van der Waals surface area (Å²) in [5.41, 5.74) is 3.96. The van der Waals surface area contributed by atoms with E-state index in [2.05, 4.69) is 15.6 Å². The maximum absolute atomic E-state index is 6.18. The molecule has 1 atom stereocenters. The fraction of sp³-hybridized carbons (Fsp3) is 0.474. The first-order valence-corrected chi connectivity index (χ1v) is 8.90. The molecule has 0 spiro atoms. The summed E-state index contributed by atoms with van der Waals surface area (Å²) in [5.74, 6) is 2.47. The highest BCUT2D eigenvalue weighted by atomic mass is 16.7. The highest BCUT2D eigenvalue weighted by molar-refractivity contribution is 5.68. The molecule has 138 valence electrons. The molecule has 1 aliphatic heterocycles. The fourth-order valence-corrected chi connectivity index (χ4v) is 3.37. The predicted octanol–water partition coefficient (Wildman–Crippen LogP) is 3.50. The average molecular weight is 357 g/mol. The number of ether oxygens (including phenoxy) is 2. The summed E-state index contributed by atoms with van der Waals surface area (Å²) < 4.78 is 16.7. The zero-order valence-corrected chi connectivity index (χ0v) is 15.2. The van der Waals surface area contributed by atoms with E-state index in [-0.39, 0.29) is 6.10 Å². The lowest BCUT2D eigenvalue weighted by atomic mass is 10.0. The first-order valence-electron chi connectivity index (χ1n) is 8.90. The molecule has 2 aromatic rings. The third-order valence-corrected chi connectivity index (χ3v) is 4.83. The van der Waals surface area contributed by atoms with Crippen LogP contribution in [0.5, 0.6) is 11.5 Å². The molecule has 1 aromatic heterocycles. The van der Waals surface area contributed by atoms with Crippen LogP contribution in [0.4, 0.5) is 0 Å². The second kappa shape index (κ2) is 6.64. The SMILES string of the molecule is COc1ccc(C2=CC(C)(c3noc(C)n3)ON2)cc1OC1CCCC1. The number of hydroxylamine groups is 1. The van der Waals surface area contributed by atoms with Crippen molar-refractivity contribution in [2.45, 2.75) is 51.2 Å². The molecule has 1 unspecified atom stereocenters. The van der Waals surface area contributed by atoms with Gasteiger partial charge in [-0.2, -0.15) is 4.98 Å². The molecule has 7 nitrogen and oxygen atoms in total. The van der Waals surface area contributed by atoms with Crippen molar-refractivity contribution in [1.29, 1.82) is 0 Å². The van der Waals surface area contributed by atoms with Crippen LogP contribution >= 0.6 is 0 Å². The second-order valence-electron chi connectivity index (χ2n) is 6.90. The number of nitrogens with one attached hydrogen (secondary N) is 1. The number of methoxy groups -OCH3 is 1. The lowest BCUT2D eigenvalue weighted by Gasteiger charge is -2.17. The summed E-state index contributed by atoms with van der Waals surface area (Å²) in [6.45, 7) is 3.64. The third kappa shape index (κ3) is 3.14. The Labute approximate surface area is 152 Å². The molecule has 7 heteroatoms. The Morgan fingerprint density at radius 3 is 2.73 bits per heavy atom. The van der Waals surface area contributed by atoms with Crippen LogP contribution < -0.4 is 15.0 Å². The van der Waals surface area contributed by atoms with Crippen molar-refractivity contribution in [2.24, 2.45) is 0 Å². The Morgan fingerprint density at radius 2 is 2.04 bits per heavy atom. The minimum atomic E-state index is -0.792. The lowest BCUT2D eigenvalue weighted by molar-refractivity contribution is -0.0319. The van der Waals surface area contributed by atoms with Gasteiger partial charge >= 0.3 is 0 Å². The quantitative estimate of drug-likeness (QED) is 0.877. The van der Waals surface area contributed by atoms with Crippen molar-refractivity contribution in [1.82, 2.24) is 15.6 Å². The molecule has 0 radical (unpaired) electrons. The van der Waals surface area contributed by atoms with Crippen molar-refractivity contribution in [2.75, 3.05) is 7.11 Å². The first-order chi connectivity index (χ1) is 12.6. The van der Waals surface area contributed by atoms with Gasteiger partial charge in [0, 0.05) is 12.5 Å². The smallest absolute Gasteiger partial charge is 0.223 e. The van der Waals surface area contributed by atoms with Gasteiger partial charge in [-0.1, -0.05) is 5.16 Å². The normalized spacial score (nSPS) is 23.0. The Morgan fingerprint density at radius 1 is 1.23 bits per heavy atom. The molecule has 0 amide bonds. The topological polar surface area (TPSA) is 78.6 Å². The predicted molar refractivity (Wildman–Crippen MR) is 94.5 cm³/mol. The van der Waals surface area contributed by atoms with Gasteiger partial charge in [0.25, 0.3) is 0 Å². The monoisotopic (exact) mass is 357 g/mol. The number of nitrogens with zero attached hydrogens (tertiary/aromatic N) is 2. The first kappa shape index (κ1) is 16.9. The third-order valence-electron chi connectivity index (χ3n) is 4.83. The van der Waals surface area contributed by atoms with Crippen LogP contribution in [0.15, 0.2) is 28.8 Å². The minimum Gasteiger partial charge on any atom is -0.493 e. The summed E-state index contributed by atoms with van der Waals surface area (Å²) in [5, 5.41) is 3.97.